The van der Waals surface area contributed by atoms with Gasteiger partial charge in [0.25, 0.3) is 0 Å². The molecule has 0 radical (unpaired) electrons. The first kappa shape index (κ1) is 15.0. The van der Waals surface area contributed by atoms with Gasteiger partial charge in [-0.1, -0.05) is 30.9 Å². The molecule has 1 fully saturated rings. The largest absolute Gasteiger partial charge is 0.455 e. The van der Waals surface area contributed by atoms with E-state index in [0.29, 0.717) is 11.7 Å². The number of carbonyl (C=O) groups excluding carboxylic acids is 1. The van der Waals surface area contributed by atoms with Crippen LogP contribution in [0.2, 0.25) is 0 Å². The summed E-state index contributed by atoms with van der Waals surface area (Å²) in [6, 6.07) is 0.376. The number of esters is 1. The summed E-state index contributed by atoms with van der Waals surface area (Å²) in [4.78, 5) is 12.1. The zero-order chi connectivity index (χ0) is 14.8. The number of ether oxygens (including phenoxy) is 1. The summed E-state index contributed by atoms with van der Waals surface area (Å²) in [5.74, 6) is -0.380. The maximum absolute atomic E-state index is 12.1. The molecule has 1 saturated carbocycles. The molecule has 5 nitrogen and oxygen atoms in total. The molecule has 0 amide bonds. The van der Waals surface area contributed by atoms with Crippen LogP contribution >= 0.6 is 0 Å². The van der Waals surface area contributed by atoms with Crippen LogP contribution in [0.5, 0.6) is 0 Å². The normalized spacial score (nSPS) is 17.8. The van der Waals surface area contributed by atoms with Crippen molar-refractivity contribution in [1.29, 1.82) is 0 Å². The molecular formula is C15H25N3O2. The first-order chi connectivity index (χ1) is 9.38. The van der Waals surface area contributed by atoms with Crippen LogP contribution in [-0.4, -0.2) is 26.6 Å². The topological polar surface area (TPSA) is 57.0 Å². The summed E-state index contributed by atoms with van der Waals surface area (Å²) in [6.07, 6.45) is 7.29. The van der Waals surface area contributed by atoms with Gasteiger partial charge in [-0.15, -0.1) is 5.10 Å². The molecule has 112 valence electrons. The number of hydrogen-bond acceptors (Lipinski definition) is 4. The highest BCUT2D eigenvalue weighted by Crippen LogP contribution is 2.28. The third-order valence-electron chi connectivity index (χ3n) is 3.69. The minimum Gasteiger partial charge on any atom is -0.455 e. The molecule has 5 heteroatoms. The monoisotopic (exact) mass is 279 g/mol. The molecule has 0 N–H and O–H groups in total. The predicted octanol–water partition coefficient (Wildman–Crippen LogP) is 3.44. The molecule has 0 bridgehead atoms. The van der Waals surface area contributed by atoms with Crippen molar-refractivity contribution in [3.8, 4) is 0 Å². The lowest BCUT2D eigenvalue weighted by atomic mass is 10.1. The van der Waals surface area contributed by atoms with Gasteiger partial charge < -0.3 is 4.74 Å². The Morgan fingerprint density at radius 2 is 1.80 bits per heavy atom. The lowest BCUT2D eigenvalue weighted by Gasteiger charge is -2.19. The van der Waals surface area contributed by atoms with Gasteiger partial charge in [0.1, 0.15) is 5.60 Å². The first-order valence-electron chi connectivity index (χ1n) is 7.53. The van der Waals surface area contributed by atoms with Gasteiger partial charge in [0.2, 0.25) is 0 Å². The molecule has 1 aliphatic carbocycles. The number of hydrogen-bond donors (Lipinski definition) is 0. The van der Waals surface area contributed by atoms with Crippen molar-refractivity contribution in [3.63, 3.8) is 0 Å². The number of rotatable bonds is 2. The Kier molecular flexibility index (Phi) is 4.45. The van der Waals surface area contributed by atoms with E-state index in [1.807, 2.05) is 32.4 Å². The standard InChI is InChI=1S/C15H25N3O2/c1-11-13(14(19)20-15(2,3)4)16-17-18(11)12-9-7-5-6-8-10-12/h12H,5-10H2,1-4H3. The van der Waals surface area contributed by atoms with Crippen LogP contribution in [0.1, 0.15) is 81.5 Å². The Bertz CT molecular complexity index is 466. The van der Waals surface area contributed by atoms with E-state index in [0.717, 1.165) is 18.5 Å². The molecule has 1 heterocycles. The van der Waals surface area contributed by atoms with Crippen LogP contribution in [0.15, 0.2) is 0 Å². The fourth-order valence-electron chi connectivity index (χ4n) is 2.71. The molecule has 1 aromatic rings. The van der Waals surface area contributed by atoms with E-state index in [1.165, 1.54) is 25.7 Å². The van der Waals surface area contributed by atoms with Crippen molar-refractivity contribution >= 4 is 5.97 Å². The van der Waals surface area contributed by atoms with Crippen LogP contribution in [0.3, 0.4) is 0 Å². The van der Waals surface area contributed by atoms with Crippen LogP contribution in [0.25, 0.3) is 0 Å². The van der Waals surface area contributed by atoms with E-state index in [9.17, 15) is 4.79 Å². The second kappa shape index (κ2) is 5.94. The fraction of sp³-hybridized carbons (Fsp3) is 0.800. The SMILES string of the molecule is Cc1c(C(=O)OC(C)(C)C)nnn1C1CCCCCC1. The van der Waals surface area contributed by atoms with Crippen molar-refractivity contribution in [2.75, 3.05) is 0 Å². The van der Waals surface area contributed by atoms with Crippen molar-refractivity contribution in [2.45, 2.75) is 77.9 Å². The summed E-state index contributed by atoms with van der Waals surface area (Å²) in [7, 11) is 0. The molecule has 0 spiro atoms. The minimum absolute atomic E-state index is 0.351. The van der Waals surface area contributed by atoms with E-state index < -0.39 is 5.60 Å². The quantitative estimate of drug-likeness (QED) is 0.614. The van der Waals surface area contributed by atoms with Crippen LogP contribution in [0.4, 0.5) is 0 Å². The van der Waals surface area contributed by atoms with Gasteiger partial charge in [0.05, 0.1) is 11.7 Å². The molecule has 20 heavy (non-hydrogen) atoms. The minimum atomic E-state index is -0.504. The van der Waals surface area contributed by atoms with Gasteiger partial charge in [-0.3, -0.25) is 0 Å². The molecule has 0 unspecified atom stereocenters. The van der Waals surface area contributed by atoms with E-state index >= 15 is 0 Å². The van der Waals surface area contributed by atoms with Gasteiger partial charge >= 0.3 is 5.97 Å². The van der Waals surface area contributed by atoms with Crippen LogP contribution in [-0.2, 0) is 4.74 Å². The van der Waals surface area contributed by atoms with E-state index in [2.05, 4.69) is 10.3 Å². The smallest absolute Gasteiger partial charge is 0.361 e. The van der Waals surface area contributed by atoms with Gasteiger partial charge in [0.15, 0.2) is 5.69 Å². The summed E-state index contributed by atoms with van der Waals surface area (Å²) in [5, 5.41) is 8.24. The van der Waals surface area contributed by atoms with E-state index in [-0.39, 0.29) is 5.97 Å². The molecule has 2 rings (SSSR count). The van der Waals surface area contributed by atoms with Gasteiger partial charge in [0, 0.05) is 0 Å². The lowest BCUT2D eigenvalue weighted by Crippen LogP contribution is -2.24. The lowest BCUT2D eigenvalue weighted by molar-refractivity contribution is 0.00618. The molecule has 1 aliphatic rings. The van der Waals surface area contributed by atoms with Gasteiger partial charge in [-0.2, -0.15) is 0 Å². The number of aromatic nitrogens is 3. The third-order valence-corrected chi connectivity index (χ3v) is 3.69. The first-order valence-corrected chi connectivity index (χ1v) is 7.53. The molecule has 0 aromatic carbocycles. The molecule has 1 aromatic heterocycles. The maximum Gasteiger partial charge on any atom is 0.361 e. The molecular weight excluding hydrogens is 254 g/mol. The van der Waals surface area contributed by atoms with E-state index in [1.54, 1.807) is 0 Å². The van der Waals surface area contributed by atoms with Crippen molar-refractivity contribution < 1.29 is 9.53 Å². The number of nitrogens with zero attached hydrogens (tertiary/aromatic N) is 3. The molecule has 0 atom stereocenters. The highest BCUT2D eigenvalue weighted by atomic mass is 16.6. The summed E-state index contributed by atoms with van der Waals surface area (Å²) >= 11 is 0. The second-order valence-corrected chi connectivity index (χ2v) is 6.62. The average Bonchev–Trinajstić information content (AvgIpc) is 2.57. The summed E-state index contributed by atoms with van der Waals surface area (Å²) in [5.41, 5.74) is 0.672. The van der Waals surface area contributed by atoms with E-state index in [4.69, 9.17) is 4.74 Å². The van der Waals surface area contributed by atoms with Crippen molar-refractivity contribution in [2.24, 2.45) is 0 Å². The highest BCUT2D eigenvalue weighted by molar-refractivity contribution is 5.88. The Morgan fingerprint density at radius 3 is 2.35 bits per heavy atom. The van der Waals surface area contributed by atoms with Crippen molar-refractivity contribution in [1.82, 2.24) is 15.0 Å². The Morgan fingerprint density at radius 1 is 1.20 bits per heavy atom. The maximum atomic E-state index is 12.1. The summed E-state index contributed by atoms with van der Waals surface area (Å²) in [6.45, 7) is 7.48. The second-order valence-electron chi connectivity index (χ2n) is 6.62. The molecule has 0 saturated heterocycles. The Balaban J connectivity index is 2.15. The van der Waals surface area contributed by atoms with Gasteiger partial charge in [-0.25, -0.2) is 9.48 Å². The third kappa shape index (κ3) is 3.58. The Hall–Kier alpha value is -1.39. The highest BCUT2D eigenvalue weighted by Gasteiger charge is 2.26. The van der Waals surface area contributed by atoms with Crippen molar-refractivity contribution in [3.05, 3.63) is 11.4 Å². The molecule has 0 aliphatic heterocycles. The average molecular weight is 279 g/mol. The Labute approximate surface area is 120 Å². The van der Waals surface area contributed by atoms with Crippen LogP contribution < -0.4 is 0 Å². The summed E-state index contributed by atoms with van der Waals surface area (Å²) < 4.78 is 7.30. The fourth-order valence-corrected chi connectivity index (χ4v) is 2.71. The van der Waals surface area contributed by atoms with Crippen LogP contribution in [0, 0.1) is 6.92 Å². The predicted molar refractivity (Wildman–Crippen MR) is 76.7 cm³/mol. The zero-order valence-corrected chi connectivity index (χ0v) is 13.0. The van der Waals surface area contributed by atoms with Gasteiger partial charge in [-0.05, 0) is 40.5 Å². The number of carbonyl (C=O) groups is 1. The zero-order valence-electron chi connectivity index (χ0n) is 13.0.